The molecule has 0 aliphatic carbocycles. The van der Waals surface area contributed by atoms with Crippen molar-refractivity contribution in [3.05, 3.63) is 22.2 Å². The van der Waals surface area contributed by atoms with Gasteiger partial charge in [0.05, 0.1) is 14.2 Å². The van der Waals surface area contributed by atoms with Gasteiger partial charge in [0, 0.05) is 0 Å². The smallest absolute Gasteiger partial charge is 0.144 e. The molecular formula is C12H18ClNO2. The SMILES string of the molecule is CCc1cc(CCN)c(OC)c(Cl)c1OC. The van der Waals surface area contributed by atoms with Gasteiger partial charge in [-0.05, 0) is 36.6 Å². The summed E-state index contributed by atoms with van der Waals surface area (Å²) >= 11 is 6.24. The van der Waals surface area contributed by atoms with E-state index in [0.29, 0.717) is 23.1 Å². The Balaban J connectivity index is 3.35. The van der Waals surface area contributed by atoms with Gasteiger partial charge < -0.3 is 15.2 Å². The first-order chi connectivity index (χ1) is 7.69. The second kappa shape index (κ2) is 5.97. The third-order valence-electron chi connectivity index (χ3n) is 2.53. The number of benzene rings is 1. The summed E-state index contributed by atoms with van der Waals surface area (Å²) in [6, 6.07) is 2.05. The molecule has 0 aliphatic heterocycles. The van der Waals surface area contributed by atoms with Crippen molar-refractivity contribution in [1.82, 2.24) is 0 Å². The number of methoxy groups -OCH3 is 2. The minimum Gasteiger partial charge on any atom is -0.495 e. The predicted molar refractivity (Wildman–Crippen MR) is 66.7 cm³/mol. The van der Waals surface area contributed by atoms with Gasteiger partial charge in [-0.25, -0.2) is 0 Å². The summed E-state index contributed by atoms with van der Waals surface area (Å²) < 4.78 is 10.6. The first-order valence-corrected chi connectivity index (χ1v) is 5.69. The Labute approximate surface area is 101 Å². The maximum Gasteiger partial charge on any atom is 0.144 e. The molecule has 0 fully saturated rings. The van der Waals surface area contributed by atoms with Crippen molar-refractivity contribution in [2.75, 3.05) is 20.8 Å². The lowest BCUT2D eigenvalue weighted by atomic mass is 10.0. The van der Waals surface area contributed by atoms with Gasteiger partial charge in [-0.15, -0.1) is 0 Å². The lowest BCUT2D eigenvalue weighted by Gasteiger charge is -2.16. The van der Waals surface area contributed by atoms with E-state index in [1.54, 1.807) is 14.2 Å². The van der Waals surface area contributed by atoms with Crippen LogP contribution in [0.25, 0.3) is 0 Å². The van der Waals surface area contributed by atoms with E-state index in [-0.39, 0.29) is 0 Å². The van der Waals surface area contributed by atoms with Crippen LogP contribution in [0.15, 0.2) is 6.07 Å². The molecule has 3 nitrogen and oxygen atoms in total. The van der Waals surface area contributed by atoms with E-state index in [2.05, 4.69) is 13.0 Å². The Bertz CT molecular complexity index is 367. The number of halogens is 1. The molecule has 0 radical (unpaired) electrons. The minimum atomic E-state index is 0.535. The molecule has 1 rings (SSSR count). The topological polar surface area (TPSA) is 44.5 Å². The second-order valence-electron chi connectivity index (χ2n) is 3.47. The van der Waals surface area contributed by atoms with Crippen molar-refractivity contribution in [1.29, 1.82) is 0 Å². The molecule has 0 bridgehead atoms. The first-order valence-electron chi connectivity index (χ1n) is 5.31. The molecule has 1 aromatic carbocycles. The van der Waals surface area contributed by atoms with E-state index >= 15 is 0 Å². The molecule has 0 atom stereocenters. The van der Waals surface area contributed by atoms with Crippen molar-refractivity contribution >= 4 is 11.6 Å². The quantitative estimate of drug-likeness (QED) is 0.864. The Morgan fingerprint density at radius 3 is 2.19 bits per heavy atom. The number of nitrogens with two attached hydrogens (primary N) is 1. The Morgan fingerprint density at radius 2 is 1.75 bits per heavy atom. The van der Waals surface area contributed by atoms with E-state index in [9.17, 15) is 0 Å². The van der Waals surface area contributed by atoms with E-state index in [4.69, 9.17) is 26.8 Å². The fourth-order valence-corrected chi connectivity index (χ4v) is 2.17. The van der Waals surface area contributed by atoms with Crippen molar-refractivity contribution < 1.29 is 9.47 Å². The highest BCUT2D eigenvalue weighted by Gasteiger charge is 2.16. The average molecular weight is 244 g/mol. The van der Waals surface area contributed by atoms with Gasteiger partial charge in [-0.1, -0.05) is 18.5 Å². The molecule has 0 unspecified atom stereocenters. The molecule has 0 heterocycles. The van der Waals surface area contributed by atoms with Crippen molar-refractivity contribution in [2.24, 2.45) is 5.73 Å². The summed E-state index contributed by atoms with van der Waals surface area (Å²) in [5, 5.41) is 0.535. The van der Waals surface area contributed by atoms with Crippen LogP contribution in [-0.2, 0) is 12.8 Å². The molecule has 0 aromatic heterocycles. The second-order valence-corrected chi connectivity index (χ2v) is 3.85. The molecule has 0 aliphatic rings. The Morgan fingerprint density at radius 1 is 1.19 bits per heavy atom. The molecule has 16 heavy (non-hydrogen) atoms. The van der Waals surface area contributed by atoms with Crippen LogP contribution in [0.5, 0.6) is 11.5 Å². The molecule has 4 heteroatoms. The fraction of sp³-hybridized carbons (Fsp3) is 0.500. The largest absolute Gasteiger partial charge is 0.495 e. The van der Waals surface area contributed by atoms with Crippen molar-refractivity contribution in [3.8, 4) is 11.5 Å². The zero-order valence-electron chi connectivity index (χ0n) is 9.97. The monoisotopic (exact) mass is 243 g/mol. The van der Waals surface area contributed by atoms with Crippen LogP contribution >= 0.6 is 11.6 Å². The van der Waals surface area contributed by atoms with E-state index < -0.39 is 0 Å². The Kier molecular flexibility index (Phi) is 4.90. The van der Waals surface area contributed by atoms with Crippen LogP contribution in [0.1, 0.15) is 18.1 Å². The van der Waals surface area contributed by atoms with Gasteiger partial charge in [-0.3, -0.25) is 0 Å². The fourth-order valence-electron chi connectivity index (χ4n) is 1.77. The highest BCUT2D eigenvalue weighted by Crippen LogP contribution is 2.40. The molecule has 0 saturated heterocycles. The summed E-state index contributed by atoms with van der Waals surface area (Å²) in [5.41, 5.74) is 7.68. The molecular weight excluding hydrogens is 226 g/mol. The molecule has 2 N–H and O–H groups in total. The standard InChI is InChI=1S/C12H18ClNO2/c1-4-8-7-9(5-6-14)12(16-3)10(13)11(8)15-2/h7H,4-6,14H2,1-3H3. The number of hydrogen-bond donors (Lipinski definition) is 1. The minimum absolute atomic E-state index is 0.535. The van der Waals surface area contributed by atoms with E-state index in [1.807, 2.05) is 0 Å². The highest BCUT2D eigenvalue weighted by molar-refractivity contribution is 6.33. The zero-order chi connectivity index (χ0) is 12.1. The number of rotatable bonds is 5. The van der Waals surface area contributed by atoms with Crippen LogP contribution < -0.4 is 15.2 Å². The van der Waals surface area contributed by atoms with Gasteiger partial charge in [-0.2, -0.15) is 0 Å². The molecule has 90 valence electrons. The van der Waals surface area contributed by atoms with E-state index in [1.165, 1.54) is 0 Å². The first kappa shape index (κ1) is 13.1. The van der Waals surface area contributed by atoms with Crippen LogP contribution in [0.2, 0.25) is 5.02 Å². The van der Waals surface area contributed by atoms with Crippen LogP contribution in [0.4, 0.5) is 0 Å². The summed E-state index contributed by atoms with van der Waals surface area (Å²) in [6.07, 6.45) is 1.62. The van der Waals surface area contributed by atoms with Crippen LogP contribution in [0, 0.1) is 0 Å². The van der Waals surface area contributed by atoms with Gasteiger partial charge in [0.2, 0.25) is 0 Å². The number of ether oxygens (including phenoxy) is 2. The highest BCUT2D eigenvalue weighted by atomic mass is 35.5. The maximum absolute atomic E-state index is 6.24. The summed E-state index contributed by atoms with van der Waals surface area (Å²) in [5.74, 6) is 1.36. The van der Waals surface area contributed by atoms with Crippen LogP contribution in [-0.4, -0.2) is 20.8 Å². The lowest BCUT2D eigenvalue weighted by molar-refractivity contribution is 0.388. The third kappa shape index (κ3) is 2.42. The summed E-state index contributed by atoms with van der Waals surface area (Å²) in [4.78, 5) is 0. The Hall–Kier alpha value is -0.930. The van der Waals surface area contributed by atoms with Crippen molar-refractivity contribution in [3.63, 3.8) is 0 Å². The van der Waals surface area contributed by atoms with Gasteiger partial charge in [0.1, 0.15) is 16.5 Å². The number of hydrogen-bond acceptors (Lipinski definition) is 3. The summed E-state index contributed by atoms with van der Waals surface area (Å²) in [7, 11) is 3.22. The van der Waals surface area contributed by atoms with Gasteiger partial charge >= 0.3 is 0 Å². The molecule has 0 spiro atoms. The predicted octanol–water partition coefficient (Wildman–Crippen LogP) is 2.42. The average Bonchev–Trinajstić information content (AvgIpc) is 2.29. The van der Waals surface area contributed by atoms with Gasteiger partial charge in [0.15, 0.2) is 0 Å². The molecule has 1 aromatic rings. The molecule has 0 amide bonds. The van der Waals surface area contributed by atoms with Crippen LogP contribution in [0.3, 0.4) is 0 Å². The number of aryl methyl sites for hydroxylation is 1. The maximum atomic E-state index is 6.24. The van der Waals surface area contributed by atoms with Crippen molar-refractivity contribution in [2.45, 2.75) is 19.8 Å². The third-order valence-corrected chi connectivity index (χ3v) is 2.88. The van der Waals surface area contributed by atoms with E-state index in [0.717, 1.165) is 24.0 Å². The lowest BCUT2D eigenvalue weighted by Crippen LogP contribution is -2.06. The molecule has 0 saturated carbocycles. The summed E-state index contributed by atoms with van der Waals surface area (Å²) in [6.45, 7) is 2.63. The normalized spacial score (nSPS) is 10.3. The zero-order valence-corrected chi connectivity index (χ0v) is 10.7. The van der Waals surface area contributed by atoms with Gasteiger partial charge in [0.25, 0.3) is 0 Å².